The molecule has 0 aliphatic carbocycles. The molecular weight excluding hydrogens is 400 g/mol. The van der Waals surface area contributed by atoms with Crippen molar-refractivity contribution in [1.29, 1.82) is 0 Å². The largest absolute Gasteiger partial charge is 0.468 e. The summed E-state index contributed by atoms with van der Waals surface area (Å²) in [5, 5.41) is 0. The van der Waals surface area contributed by atoms with E-state index in [2.05, 4.69) is 0 Å². The van der Waals surface area contributed by atoms with E-state index in [1.165, 1.54) is 48.7 Å². The Hall–Kier alpha value is -2.58. The summed E-state index contributed by atoms with van der Waals surface area (Å²) in [5.41, 5.74) is 0.925. The van der Waals surface area contributed by atoms with Crippen molar-refractivity contribution in [2.75, 3.05) is 0 Å². The average molecular weight is 421 g/mol. The third-order valence-corrected chi connectivity index (χ3v) is 7.19. The highest BCUT2D eigenvalue weighted by Gasteiger charge is 2.25. The third kappa shape index (κ3) is 3.98. The lowest BCUT2D eigenvalue weighted by Gasteiger charge is -2.09. The Morgan fingerprint density at radius 1 is 0.821 bits per heavy atom. The van der Waals surface area contributed by atoms with Crippen LogP contribution in [0.5, 0.6) is 5.75 Å². The maximum atomic E-state index is 12.9. The van der Waals surface area contributed by atoms with Crippen LogP contribution in [0.2, 0.25) is 0 Å². The molecule has 0 fully saturated rings. The van der Waals surface area contributed by atoms with Crippen LogP contribution in [0.1, 0.15) is 31.1 Å². The number of benzene rings is 2. The van der Waals surface area contributed by atoms with Gasteiger partial charge in [-0.3, -0.25) is 0 Å². The fourth-order valence-corrected chi connectivity index (χ4v) is 5.09. The molecule has 0 saturated carbocycles. The topological polar surface area (TPSA) is 90.7 Å². The van der Waals surface area contributed by atoms with Crippen molar-refractivity contribution >= 4 is 20.0 Å². The Kier molecular flexibility index (Phi) is 5.36. The van der Waals surface area contributed by atoms with E-state index < -0.39 is 20.0 Å². The Morgan fingerprint density at radius 2 is 1.39 bits per heavy atom. The van der Waals surface area contributed by atoms with Gasteiger partial charge in [0.05, 0.1) is 11.2 Å². The van der Waals surface area contributed by atoms with Crippen LogP contribution in [0.25, 0.3) is 0 Å². The van der Waals surface area contributed by atoms with Crippen molar-refractivity contribution in [3.05, 3.63) is 72.2 Å². The van der Waals surface area contributed by atoms with Gasteiger partial charge < -0.3 is 8.60 Å². The second kappa shape index (κ2) is 7.44. The molecule has 0 bridgehead atoms. The summed E-state index contributed by atoms with van der Waals surface area (Å²) in [7, 11) is -7.79. The Bertz CT molecular complexity index is 1170. The highest BCUT2D eigenvalue weighted by Crippen LogP contribution is 2.31. The number of sulfone groups is 1. The van der Waals surface area contributed by atoms with Crippen LogP contribution in [0.4, 0.5) is 0 Å². The first-order valence-corrected chi connectivity index (χ1v) is 11.4. The van der Waals surface area contributed by atoms with Gasteiger partial charge in [0.15, 0.2) is 0 Å². The van der Waals surface area contributed by atoms with Crippen LogP contribution in [0.15, 0.2) is 80.0 Å². The summed E-state index contributed by atoms with van der Waals surface area (Å²) in [4.78, 5) is 0.147. The summed E-state index contributed by atoms with van der Waals surface area (Å²) in [6, 6.07) is 12.9. The van der Waals surface area contributed by atoms with Gasteiger partial charge in [-0.05, 0) is 49.4 Å². The van der Waals surface area contributed by atoms with Gasteiger partial charge in [0.2, 0.25) is 9.84 Å². The van der Waals surface area contributed by atoms with Crippen molar-refractivity contribution in [3.63, 3.8) is 0 Å². The van der Waals surface area contributed by atoms with Gasteiger partial charge in [0.1, 0.15) is 21.3 Å². The number of rotatable bonds is 6. The zero-order valence-electron chi connectivity index (χ0n) is 15.6. The lowest BCUT2D eigenvalue weighted by molar-refractivity contribution is 0.474. The quantitative estimate of drug-likeness (QED) is 0.552. The normalized spacial score (nSPS) is 12.3. The Balaban J connectivity index is 1.87. The number of hydrogen-bond acceptors (Lipinski definition) is 6. The van der Waals surface area contributed by atoms with E-state index in [9.17, 15) is 16.8 Å². The molecule has 3 aromatic rings. The molecule has 0 amide bonds. The second-order valence-electron chi connectivity index (χ2n) is 6.63. The van der Waals surface area contributed by atoms with E-state index in [0.717, 1.165) is 5.56 Å². The average Bonchev–Trinajstić information content (AvgIpc) is 3.13. The highest BCUT2D eigenvalue weighted by molar-refractivity contribution is 7.91. The molecule has 6 nitrogen and oxygen atoms in total. The van der Waals surface area contributed by atoms with Crippen LogP contribution < -0.4 is 4.18 Å². The van der Waals surface area contributed by atoms with E-state index in [1.807, 2.05) is 20.8 Å². The van der Waals surface area contributed by atoms with E-state index in [4.69, 9.17) is 8.60 Å². The van der Waals surface area contributed by atoms with Gasteiger partial charge in [-0.25, -0.2) is 8.42 Å². The minimum absolute atomic E-state index is 0.0229. The van der Waals surface area contributed by atoms with Crippen molar-refractivity contribution in [2.45, 2.75) is 41.4 Å². The van der Waals surface area contributed by atoms with Gasteiger partial charge in [0.25, 0.3) is 0 Å². The summed E-state index contributed by atoms with van der Waals surface area (Å²) in [6.45, 7) is 5.52. The third-order valence-electron chi connectivity index (χ3n) is 4.12. The minimum Gasteiger partial charge on any atom is -0.468 e. The Labute approximate surface area is 164 Å². The predicted octanol–water partition coefficient (Wildman–Crippen LogP) is 4.31. The van der Waals surface area contributed by atoms with Crippen molar-refractivity contribution in [2.24, 2.45) is 0 Å². The SMILES string of the molecule is Cc1ccc(S(=O)(=O)Oc2ccc(S(=O)(=O)c3ccoc3C(C)C)cc2)cc1. The van der Waals surface area contributed by atoms with E-state index in [-0.39, 0.29) is 26.4 Å². The molecule has 1 heterocycles. The minimum atomic E-state index is -4.00. The molecular formula is C20H20O6S2. The molecule has 1 aromatic heterocycles. The zero-order valence-corrected chi connectivity index (χ0v) is 17.2. The van der Waals surface area contributed by atoms with Gasteiger partial charge in [-0.15, -0.1) is 0 Å². The molecule has 148 valence electrons. The number of aryl methyl sites for hydroxylation is 1. The standard InChI is InChI=1S/C20H20O6S2/c1-14(2)20-19(12-13-25-20)27(21,22)17-10-6-16(7-11-17)26-28(23,24)18-8-4-15(3)5-9-18/h4-14H,1-3H3. The van der Waals surface area contributed by atoms with E-state index in [1.54, 1.807) is 12.1 Å². The first kappa shape index (κ1) is 20.2. The summed E-state index contributed by atoms with van der Waals surface area (Å²) < 4.78 is 60.8. The molecule has 0 aliphatic heterocycles. The second-order valence-corrected chi connectivity index (χ2v) is 10.1. The van der Waals surface area contributed by atoms with Gasteiger partial charge >= 0.3 is 10.1 Å². The maximum Gasteiger partial charge on any atom is 0.339 e. The number of hydrogen-bond donors (Lipinski definition) is 0. The predicted molar refractivity (Wildman–Crippen MR) is 104 cm³/mol. The highest BCUT2D eigenvalue weighted by atomic mass is 32.2. The van der Waals surface area contributed by atoms with Gasteiger partial charge in [-0.1, -0.05) is 31.5 Å². The lowest BCUT2D eigenvalue weighted by atomic mass is 10.2. The molecule has 2 aromatic carbocycles. The van der Waals surface area contributed by atoms with E-state index in [0.29, 0.717) is 5.76 Å². The first-order chi connectivity index (χ1) is 13.1. The fourth-order valence-electron chi connectivity index (χ4n) is 2.63. The van der Waals surface area contributed by atoms with Gasteiger partial charge in [-0.2, -0.15) is 8.42 Å². The molecule has 0 aliphatic rings. The molecule has 3 rings (SSSR count). The summed E-state index contributed by atoms with van der Waals surface area (Å²) >= 11 is 0. The summed E-state index contributed by atoms with van der Waals surface area (Å²) in [5.74, 6) is 0.306. The van der Waals surface area contributed by atoms with Crippen LogP contribution >= 0.6 is 0 Å². The number of furan rings is 1. The molecule has 28 heavy (non-hydrogen) atoms. The molecule has 0 atom stereocenters. The van der Waals surface area contributed by atoms with E-state index >= 15 is 0 Å². The fraction of sp³-hybridized carbons (Fsp3) is 0.200. The van der Waals surface area contributed by atoms with Crippen molar-refractivity contribution in [1.82, 2.24) is 0 Å². The maximum absolute atomic E-state index is 12.9. The van der Waals surface area contributed by atoms with Gasteiger partial charge in [0, 0.05) is 5.92 Å². The Morgan fingerprint density at radius 3 is 1.96 bits per heavy atom. The molecule has 0 spiro atoms. The van der Waals surface area contributed by atoms with Crippen LogP contribution in [0.3, 0.4) is 0 Å². The zero-order chi connectivity index (χ0) is 20.5. The lowest BCUT2D eigenvalue weighted by Crippen LogP contribution is -2.10. The monoisotopic (exact) mass is 420 g/mol. The van der Waals surface area contributed by atoms with Crippen molar-refractivity contribution in [3.8, 4) is 5.75 Å². The smallest absolute Gasteiger partial charge is 0.339 e. The first-order valence-electron chi connectivity index (χ1n) is 8.55. The summed E-state index contributed by atoms with van der Waals surface area (Å²) in [6.07, 6.45) is 1.34. The van der Waals surface area contributed by atoms with Crippen LogP contribution in [-0.4, -0.2) is 16.8 Å². The van der Waals surface area contributed by atoms with Crippen LogP contribution in [-0.2, 0) is 20.0 Å². The molecule has 0 saturated heterocycles. The molecule has 0 N–H and O–H groups in total. The molecule has 0 unspecified atom stereocenters. The van der Waals surface area contributed by atoms with Crippen LogP contribution in [0, 0.1) is 6.92 Å². The van der Waals surface area contributed by atoms with Crippen molar-refractivity contribution < 1.29 is 25.4 Å². The molecule has 0 radical (unpaired) electrons. The molecule has 8 heteroatoms.